The van der Waals surface area contributed by atoms with Crippen LogP contribution in [0.1, 0.15) is 36.7 Å². The number of hydrogen-bond acceptors (Lipinski definition) is 6. The van der Waals surface area contributed by atoms with E-state index in [1.807, 2.05) is 23.6 Å². The Morgan fingerprint density at radius 3 is 2.41 bits per heavy atom. The minimum absolute atomic E-state index is 0.387. The lowest BCUT2D eigenvalue weighted by Gasteiger charge is -2.20. The van der Waals surface area contributed by atoms with E-state index in [-0.39, 0.29) is 0 Å². The SMILES string of the molecule is COC(=O)c1cccc(C=CC(=O)Nc2cc(-c3cccs3)ccc2NC(=O)OC(C)(C)C)c1. The molecule has 3 aromatic rings. The summed E-state index contributed by atoms with van der Waals surface area (Å²) in [5, 5.41) is 7.48. The van der Waals surface area contributed by atoms with Gasteiger partial charge >= 0.3 is 12.1 Å². The number of ether oxygens (including phenoxy) is 2. The number of nitrogens with one attached hydrogen (secondary N) is 2. The van der Waals surface area contributed by atoms with Crippen molar-refractivity contribution in [1.29, 1.82) is 0 Å². The smallest absolute Gasteiger partial charge is 0.412 e. The monoisotopic (exact) mass is 478 g/mol. The Kier molecular flexibility index (Phi) is 7.86. The van der Waals surface area contributed by atoms with Crippen molar-refractivity contribution in [2.45, 2.75) is 26.4 Å². The summed E-state index contributed by atoms with van der Waals surface area (Å²) in [5.74, 6) is -0.859. The maximum atomic E-state index is 12.7. The minimum Gasteiger partial charge on any atom is -0.465 e. The number of benzene rings is 2. The maximum Gasteiger partial charge on any atom is 0.412 e. The zero-order chi connectivity index (χ0) is 24.7. The molecular formula is C26H26N2O5S. The van der Waals surface area contributed by atoms with Crippen LogP contribution in [0.2, 0.25) is 0 Å². The van der Waals surface area contributed by atoms with Crippen molar-refractivity contribution in [3.8, 4) is 10.4 Å². The van der Waals surface area contributed by atoms with Crippen LogP contribution in [0.5, 0.6) is 0 Å². The zero-order valence-corrected chi connectivity index (χ0v) is 20.2. The number of hydrogen-bond donors (Lipinski definition) is 2. The molecule has 0 aliphatic heterocycles. The fourth-order valence-electron chi connectivity index (χ4n) is 3.00. The summed E-state index contributed by atoms with van der Waals surface area (Å²) >= 11 is 1.57. The molecule has 1 aromatic heterocycles. The number of methoxy groups -OCH3 is 1. The third kappa shape index (κ3) is 7.05. The largest absolute Gasteiger partial charge is 0.465 e. The highest BCUT2D eigenvalue weighted by atomic mass is 32.1. The average molecular weight is 479 g/mol. The van der Waals surface area contributed by atoms with E-state index in [1.54, 1.807) is 74.6 Å². The first-order valence-electron chi connectivity index (χ1n) is 10.5. The number of amides is 2. The molecule has 0 aliphatic rings. The average Bonchev–Trinajstić information content (AvgIpc) is 3.32. The van der Waals surface area contributed by atoms with E-state index >= 15 is 0 Å². The molecule has 0 bridgehead atoms. The van der Waals surface area contributed by atoms with Gasteiger partial charge in [0.2, 0.25) is 5.91 Å². The summed E-state index contributed by atoms with van der Waals surface area (Å²) in [5.41, 5.74) is 2.12. The van der Waals surface area contributed by atoms with Crippen LogP contribution in [-0.4, -0.2) is 30.7 Å². The van der Waals surface area contributed by atoms with Crippen LogP contribution < -0.4 is 10.6 Å². The van der Waals surface area contributed by atoms with Gasteiger partial charge in [-0.15, -0.1) is 11.3 Å². The molecule has 1 heterocycles. The highest BCUT2D eigenvalue weighted by Gasteiger charge is 2.18. The first-order valence-corrected chi connectivity index (χ1v) is 11.4. The lowest BCUT2D eigenvalue weighted by molar-refractivity contribution is -0.111. The Labute approximate surface area is 202 Å². The molecule has 0 spiro atoms. The molecule has 7 nitrogen and oxygen atoms in total. The van der Waals surface area contributed by atoms with Gasteiger partial charge in [0, 0.05) is 11.0 Å². The van der Waals surface area contributed by atoms with Gasteiger partial charge in [0.05, 0.1) is 24.0 Å². The van der Waals surface area contributed by atoms with E-state index in [1.165, 1.54) is 13.2 Å². The Bertz CT molecular complexity index is 1210. The topological polar surface area (TPSA) is 93.7 Å². The van der Waals surface area contributed by atoms with Crippen LogP contribution in [0, 0.1) is 0 Å². The Balaban J connectivity index is 1.82. The summed E-state index contributed by atoms with van der Waals surface area (Å²) in [6.45, 7) is 5.32. The fraction of sp³-hybridized carbons (Fsp3) is 0.192. The molecule has 176 valence electrons. The molecule has 3 rings (SSSR count). The Morgan fingerprint density at radius 2 is 1.74 bits per heavy atom. The highest BCUT2D eigenvalue weighted by Crippen LogP contribution is 2.32. The van der Waals surface area contributed by atoms with Gasteiger partial charge in [-0.2, -0.15) is 0 Å². The van der Waals surface area contributed by atoms with Gasteiger partial charge in [0.1, 0.15) is 5.60 Å². The van der Waals surface area contributed by atoms with Gasteiger partial charge in [-0.05, 0) is 73.7 Å². The number of carbonyl (C=O) groups excluding carboxylic acids is 3. The van der Waals surface area contributed by atoms with Gasteiger partial charge < -0.3 is 14.8 Å². The number of rotatable bonds is 6. The quantitative estimate of drug-likeness (QED) is 0.325. The van der Waals surface area contributed by atoms with Crippen LogP contribution in [0.25, 0.3) is 16.5 Å². The summed E-state index contributed by atoms with van der Waals surface area (Å²) in [4.78, 5) is 37.7. The second-order valence-electron chi connectivity index (χ2n) is 8.30. The number of anilines is 2. The molecule has 34 heavy (non-hydrogen) atoms. The third-order valence-electron chi connectivity index (χ3n) is 4.45. The zero-order valence-electron chi connectivity index (χ0n) is 19.4. The lowest BCUT2D eigenvalue weighted by Crippen LogP contribution is -2.27. The van der Waals surface area contributed by atoms with Crippen molar-refractivity contribution >= 4 is 46.8 Å². The lowest BCUT2D eigenvalue weighted by atomic mass is 10.1. The normalized spacial score (nSPS) is 11.2. The van der Waals surface area contributed by atoms with Gasteiger partial charge in [0.25, 0.3) is 0 Å². The molecule has 0 radical (unpaired) electrons. The van der Waals surface area contributed by atoms with Crippen molar-refractivity contribution in [2.24, 2.45) is 0 Å². The van der Waals surface area contributed by atoms with Crippen LogP contribution >= 0.6 is 11.3 Å². The molecule has 0 unspecified atom stereocenters. The molecule has 2 amide bonds. The Morgan fingerprint density at radius 1 is 0.941 bits per heavy atom. The number of thiophene rings is 1. The molecule has 8 heteroatoms. The molecule has 0 saturated carbocycles. The molecule has 0 fully saturated rings. The van der Waals surface area contributed by atoms with Gasteiger partial charge in [-0.1, -0.05) is 24.3 Å². The van der Waals surface area contributed by atoms with Crippen molar-refractivity contribution < 1.29 is 23.9 Å². The predicted molar refractivity (Wildman–Crippen MR) is 135 cm³/mol. The standard InChI is InChI=1S/C26H26N2O5S/c1-26(2,3)33-25(31)28-20-12-11-18(22-9-6-14-34-22)16-21(20)27-23(29)13-10-17-7-5-8-19(15-17)24(30)32-4/h5-16H,1-4H3,(H,27,29)(H,28,31). The van der Waals surface area contributed by atoms with Crippen LogP contribution in [0.4, 0.5) is 16.2 Å². The molecular weight excluding hydrogens is 452 g/mol. The van der Waals surface area contributed by atoms with Crippen molar-refractivity contribution in [3.05, 3.63) is 77.2 Å². The summed E-state index contributed by atoms with van der Waals surface area (Å²) in [6.07, 6.45) is 2.32. The van der Waals surface area contributed by atoms with Gasteiger partial charge in [0.15, 0.2) is 0 Å². The third-order valence-corrected chi connectivity index (χ3v) is 5.37. The van der Waals surface area contributed by atoms with Crippen LogP contribution in [0.15, 0.2) is 66.1 Å². The van der Waals surface area contributed by atoms with E-state index in [0.29, 0.717) is 22.5 Å². The number of esters is 1. The van der Waals surface area contributed by atoms with E-state index in [4.69, 9.17) is 9.47 Å². The summed E-state index contributed by atoms with van der Waals surface area (Å²) in [6, 6.07) is 16.0. The molecule has 2 aromatic carbocycles. The van der Waals surface area contributed by atoms with E-state index in [0.717, 1.165) is 10.4 Å². The molecule has 0 aliphatic carbocycles. The molecule has 2 N–H and O–H groups in total. The van der Waals surface area contributed by atoms with Crippen molar-refractivity contribution in [3.63, 3.8) is 0 Å². The van der Waals surface area contributed by atoms with E-state index in [9.17, 15) is 14.4 Å². The Hall–Kier alpha value is -3.91. The van der Waals surface area contributed by atoms with Gasteiger partial charge in [-0.25, -0.2) is 9.59 Å². The van der Waals surface area contributed by atoms with Crippen LogP contribution in [0.3, 0.4) is 0 Å². The number of carbonyl (C=O) groups is 3. The minimum atomic E-state index is -0.661. The second kappa shape index (κ2) is 10.8. The van der Waals surface area contributed by atoms with E-state index < -0.39 is 23.6 Å². The second-order valence-corrected chi connectivity index (χ2v) is 9.25. The molecule has 0 saturated heterocycles. The summed E-state index contributed by atoms with van der Waals surface area (Å²) < 4.78 is 10.1. The first-order chi connectivity index (χ1) is 16.1. The maximum absolute atomic E-state index is 12.7. The van der Waals surface area contributed by atoms with Crippen LogP contribution in [-0.2, 0) is 14.3 Å². The molecule has 0 atom stereocenters. The van der Waals surface area contributed by atoms with Crippen molar-refractivity contribution in [1.82, 2.24) is 0 Å². The van der Waals surface area contributed by atoms with E-state index in [2.05, 4.69) is 10.6 Å². The highest BCUT2D eigenvalue weighted by molar-refractivity contribution is 7.13. The summed E-state index contributed by atoms with van der Waals surface area (Å²) in [7, 11) is 1.31. The van der Waals surface area contributed by atoms with Crippen molar-refractivity contribution in [2.75, 3.05) is 17.7 Å². The van der Waals surface area contributed by atoms with Gasteiger partial charge in [-0.3, -0.25) is 10.1 Å². The predicted octanol–water partition coefficient (Wildman–Crippen LogP) is 6.20. The fourth-order valence-corrected chi connectivity index (χ4v) is 3.72. The first kappa shape index (κ1) is 24.7.